The van der Waals surface area contributed by atoms with Gasteiger partial charge in [0.2, 0.25) is 5.95 Å². The van der Waals surface area contributed by atoms with Crippen LogP contribution in [-0.4, -0.2) is 76.1 Å². The third kappa shape index (κ3) is 7.46. The highest BCUT2D eigenvalue weighted by atomic mass is 32.3. The summed E-state index contributed by atoms with van der Waals surface area (Å²) in [7, 11) is -18.5. The first kappa shape index (κ1) is 30.1. The van der Waals surface area contributed by atoms with E-state index in [9.17, 15) is 33.7 Å². The molecular formula is C22H30N6O8S4. The molecule has 0 unspecified atom stereocenters. The zero-order valence-corrected chi connectivity index (χ0v) is 25.1. The normalized spacial score (nSPS) is 16.1. The highest BCUT2D eigenvalue weighted by Crippen LogP contribution is 2.30. The minimum atomic E-state index is -5.03. The molecule has 0 radical (unpaired) electrons. The van der Waals surface area contributed by atoms with Crippen LogP contribution in [0.1, 0.15) is 44.6 Å². The Hall–Kier alpha value is -2.83. The third-order valence-corrected chi connectivity index (χ3v) is 14.7. The topological polar surface area (TPSA) is 195 Å². The van der Waals surface area contributed by atoms with Crippen LogP contribution in [0.5, 0.6) is 0 Å². The lowest BCUT2D eigenvalue weighted by Gasteiger charge is -2.23. The van der Waals surface area contributed by atoms with Crippen molar-refractivity contribution in [1.82, 2.24) is 19.7 Å². The van der Waals surface area contributed by atoms with Crippen molar-refractivity contribution in [2.24, 2.45) is 0 Å². The fourth-order valence-corrected chi connectivity index (χ4v) is 12.7. The molecule has 1 saturated carbocycles. The van der Waals surface area contributed by atoms with E-state index in [1.165, 1.54) is 25.0 Å². The number of aromatic nitrogens is 4. The second kappa shape index (κ2) is 11.2. The van der Waals surface area contributed by atoms with Crippen molar-refractivity contribution in [2.45, 2.75) is 44.6 Å². The SMILES string of the molecule is CS(=O)(=O)CS(=O)(=O)N(c1ccc(Nc2ncc3cnn(C4CCCCCC4)c3n2)cc1)S(=O)(=O)CS(C)(=O)=O. The molecule has 0 bridgehead atoms. The van der Waals surface area contributed by atoms with E-state index >= 15 is 0 Å². The molecule has 4 rings (SSSR count). The van der Waals surface area contributed by atoms with E-state index in [1.807, 2.05) is 4.68 Å². The second-order valence-corrected chi connectivity index (χ2v) is 18.8. The van der Waals surface area contributed by atoms with Gasteiger partial charge >= 0.3 is 0 Å². The summed E-state index contributed by atoms with van der Waals surface area (Å²) in [6.07, 6.45) is 11.2. The average Bonchev–Trinajstić information content (AvgIpc) is 3.01. The first-order chi connectivity index (χ1) is 18.5. The summed E-state index contributed by atoms with van der Waals surface area (Å²) in [4.78, 5) is 8.88. The predicted molar refractivity (Wildman–Crippen MR) is 152 cm³/mol. The molecule has 1 fully saturated rings. The summed E-state index contributed by atoms with van der Waals surface area (Å²) in [6.45, 7) is 0. The molecule has 40 heavy (non-hydrogen) atoms. The number of anilines is 3. The standard InChI is InChI=1S/C22H30N6O8S4/c1-37(29,30)15-39(33,34)28(40(35,36)16-38(2,31)32)20-11-9-18(10-12-20)25-22-23-13-17-14-24-27(21(17)26-22)19-7-5-3-4-6-8-19/h9-14,19H,3-8,15-16H2,1-2H3,(H,23,25,26). The number of nitrogens with zero attached hydrogens (tertiary/aromatic N) is 5. The number of rotatable bonds is 10. The third-order valence-electron chi connectivity index (χ3n) is 6.07. The molecule has 220 valence electrons. The monoisotopic (exact) mass is 634 g/mol. The average molecular weight is 635 g/mol. The van der Waals surface area contributed by atoms with Gasteiger partial charge in [0.25, 0.3) is 20.0 Å². The molecule has 0 aliphatic heterocycles. The molecule has 18 heteroatoms. The first-order valence-electron chi connectivity index (χ1n) is 12.2. The van der Waals surface area contributed by atoms with Gasteiger partial charge in [0.1, 0.15) is 0 Å². The molecule has 1 aromatic carbocycles. The molecule has 1 N–H and O–H groups in total. The van der Waals surface area contributed by atoms with E-state index in [4.69, 9.17) is 0 Å². The number of nitrogens with one attached hydrogen (secondary N) is 1. The van der Waals surface area contributed by atoms with Crippen LogP contribution >= 0.6 is 0 Å². The Morgan fingerprint density at radius 2 is 1.38 bits per heavy atom. The molecule has 0 amide bonds. The Labute approximate surface area is 233 Å². The fraction of sp³-hybridized carbons (Fsp3) is 0.500. The first-order valence-corrected chi connectivity index (χ1v) is 19.6. The summed E-state index contributed by atoms with van der Waals surface area (Å²) in [5, 5.41) is 5.19. The van der Waals surface area contributed by atoms with Gasteiger partial charge in [-0.25, -0.2) is 43.3 Å². The van der Waals surface area contributed by atoms with Crippen LogP contribution in [0, 0.1) is 0 Å². The number of sulfonamides is 2. The summed E-state index contributed by atoms with van der Waals surface area (Å²) < 4.78 is 100. The van der Waals surface area contributed by atoms with Crippen molar-refractivity contribution in [1.29, 1.82) is 0 Å². The van der Waals surface area contributed by atoms with E-state index in [2.05, 4.69) is 20.4 Å². The Bertz CT molecular complexity index is 1750. The van der Waals surface area contributed by atoms with Crippen molar-refractivity contribution in [2.75, 3.05) is 31.7 Å². The summed E-state index contributed by atoms with van der Waals surface area (Å²) in [5.74, 6) is 0.224. The lowest BCUT2D eigenvalue weighted by molar-refractivity contribution is 0.415. The van der Waals surface area contributed by atoms with Crippen LogP contribution in [-0.2, 0) is 39.7 Å². The smallest absolute Gasteiger partial charge is 0.262 e. The Kier molecular flexibility index (Phi) is 8.45. The summed E-state index contributed by atoms with van der Waals surface area (Å²) in [5.41, 5.74) is 0.566. The van der Waals surface area contributed by atoms with E-state index in [0.29, 0.717) is 23.8 Å². The number of hydrogen-bond donors (Lipinski definition) is 1. The quantitative estimate of drug-likeness (QED) is 0.319. The van der Waals surface area contributed by atoms with Gasteiger partial charge in [-0.3, -0.25) is 0 Å². The summed E-state index contributed by atoms with van der Waals surface area (Å²) in [6, 6.07) is 5.12. The molecule has 1 aliphatic carbocycles. The van der Waals surface area contributed by atoms with Gasteiger partial charge in [0, 0.05) is 24.4 Å². The van der Waals surface area contributed by atoms with E-state index in [-0.39, 0.29) is 15.7 Å². The zero-order chi connectivity index (χ0) is 29.3. The van der Waals surface area contributed by atoms with Crippen molar-refractivity contribution in [3.63, 3.8) is 0 Å². The maximum Gasteiger partial charge on any atom is 0.262 e. The molecule has 1 aliphatic rings. The largest absolute Gasteiger partial charge is 0.324 e. The van der Waals surface area contributed by atoms with Crippen LogP contribution in [0.2, 0.25) is 0 Å². The molecular weight excluding hydrogens is 605 g/mol. The van der Waals surface area contributed by atoms with E-state index in [0.717, 1.165) is 43.2 Å². The molecule has 0 atom stereocenters. The molecule has 2 aromatic heterocycles. The van der Waals surface area contributed by atoms with Crippen LogP contribution in [0.15, 0.2) is 36.7 Å². The molecule has 2 heterocycles. The van der Waals surface area contributed by atoms with Gasteiger partial charge < -0.3 is 5.32 Å². The molecule has 0 spiro atoms. The van der Waals surface area contributed by atoms with Crippen LogP contribution < -0.4 is 9.03 Å². The Balaban J connectivity index is 1.64. The van der Waals surface area contributed by atoms with E-state index < -0.39 is 55.6 Å². The fourth-order valence-electron chi connectivity index (χ4n) is 4.59. The van der Waals surface area contributed by atoms with Gasteiger partial charge in [0.05, 0.1) is 23.3 Å². The van der Waals surface area contributed by atoms with Crippen molar-refractivity contribution < 1.29 is 33.7 Å². The minimum Gasteiger partial charge on any atom is -0.324 e. The second-order valence-electron chi connectivity index (χ2n) is 9.89. The van der Waals surface area contributed by atoms with Gasteiger partial charge in [-0.2, -0.15) is 13.8 Å². The lowest BCUT2D eigenvalue weighted by atomic mass is 10.1. The number of benzene rings is 1. The summed E-state index contributed by atoms with van der Waals surface area (Å²) >= 11 is 0. The maximum absolute atomic E-state index is 12.9. The van der Waals surface area contributed by atoms with Gasteiger partial charge in [0.15, 0.2) is 35.5 Å². The highest BCUT2D eigenvalue weighted by molar-refractivity contribution is 8.19. The van der Waals surface area contributed by atoms with Crippen LogP contribution in [0.25, 0.3) is 11.0 Å². The molecule has 14 nitrogen and oxygen atoms in total. The van der Waals surface area contributed by atoms with Crippen molar-refractivity contribution in [3.05, 3.63) is 36.7 Å². The van der Waals surface area contributed by atoms with Gasteiger partial charge in [-0.05, 0) is 37.1 Å². The minimum absolute atomic E-state index is 0.153. The van der Waals surface area contributed by atoms with Crippen LogP contribution in [0.4, 0.5) is 17.3 Å². The van der Waals surface area contributed by atoms with Crippen molar-refractivity contribution >= 4 is 68.1 Å². The Morgan fingerprint density at radius 3 is 1.90 bits per heavy atom. The van der Waals surface area contributed by atoms with E-state index in [1.54, 1.807) is 12.4 Å². The predicted octanol–water partition coefficient (Wildman–Crippen LogP) is 1.94. The highest BCUT2D eigenvalue weighted by Gasteiger charge is 2.38. The Morgan fingerprint density at radius 1 is 0.825 bits per heavy atom. The van der Waals surface area contributed by atoms with Crippen LogP contribution in [0.3, 0.4) is 0 Å². The maximum atomic E-state index is 12.9. The number of hydrogen-bond acceptors (Lipinski definition) is 12. The molecule has 0 saturated heterocycles. The number of fused-ring (bicyclic) bond motifs is 1. The number of sulfone groups is 2. The lowest BCUT2D eigenvalue weighted by Crippen LogP contribution is -2.42. The molecule has 3 aromatic rings. The van der Waals surface area contributed by atoms with Crippen molar-refractivity contribution in [3.8, 4) is 0 Å². The van der Waals surface area contributed by atoms with Gasteiger partial charge in [-0.15, -0.1) is 0 Å². The van der Waals surface area contributed by atoms with Gasteiger partial charge in [-0.1, -0.05) is 25.7 Å². The zero-order valence-electron chi connectivity index (χ0n) is 21.8.